The molecule has 2 aromatic rings. The highest BCUT2D eigenvalue weighted by Gasteiger charge is 2.23. The van der Waals surface area contributed by atoms with Crippen LogP contribution >= 0.6 is 11.3 Å². The largest absolute Gasteiger partial charge is 0.494 e. The van der Waals surface area contributed by atoms with Crippen LogP contribution in [0.3, 0.4) is 0 Å². The third-order valence-corrected chi connectivity index (χ3v) is 7.02. The number of thiophene rings is 1. The van der Waals surface area contributed by atoms with Gasteiger partial charge < -0.3 is 9.64 Å². The summed E-state index contributed by atoms with van der Waals surface area (Å²) in [7, 11) is -3.65. The number of benzene rings is 1. The molecule has 1 N–H and O–H groups in total. The number of carbonyl (C=O) groups excluding carboxylic acids is 1. The first-order chi connectivity index (χ1) is 12.5. The van der Waals surface area contributed by atoms with E-state index in [1.807, 2.05) is 31.2 Å². The Balaban J connectivity index is 1.63. The van der Waals surface area contributed by atoms with Gasteiger partial charge >= 0.3 is 0 Å². The molecule has 2 heterocycles. The van der Waals surface area contributed by atoms with E-state index < -0.39 is 10.0 Å². The molecule has 3 rings (SSSR count). The number of hydrogen-bond donors (Lipinski definition) is 1. The molecule has 1 saturated heterocycles. The Morgan fingerprint density at radius 2 is 1.92 bits per heavy atom. The topological polar surface area (TPSA) is 75.7 Å². The lowest BCUT2D eigenvalue weighted by Crippen LogP contribution is -2.27. The molecule has 140 valence electrons. The highest BCUT2D eigenvalue weighted by atomic mass is 32.2. The Kier molecular flexibility index (Phi) is 5.95. The van der Waals surface area contributed by atoms with Crippen molar-refractivity contribution < 1.29 is 17.9 Å². The van der Waals surface area contributed by atoms with Gasteiger partial charge in [0.25, 0.3) is 5.91 Å². The smallest absolute Gasteiger partial charge is 0.254 e. The van der Waals surface area contributed by atoms with Crippen LogP contribution < -0.4 is 9.46 Å². The number of amides is 1. The van der Waals surface area contributed by atoms with Crippen LogP contribution in [0.4, 0.5) is 0 Å². The van der Waals surface area contributed by atoms with Gasteiger partial charge in [0.1, 0.15) is 9.96 Å². The van der Waals surface area contributed by atoms with E-state index in [1.54, 1.807) is 10.3 Å². The van der Waals surface area contributed by atoms with Gasteiger partial charge in [-0.25, -0.2) is 13.1 Å². The summed E-state index contributed by atoms with van der Waals surface area (Å²) in [5.41, 5.74) is 1.28. The Bertz CT molecular complexity index is 854. The number of hydrogen-bond acceptors (Lipinski definition) is 5. The molecular weight excluding hydrogens is 372 g/mol. The molecule has 0 atom stereocenters. The molecule has 6 nitrogen and oxygen atoms in total. The number of carbonyl (C=O) groups is 1. The zero-order valence-corrected chi connectivity index (χ0v) is 16.2. The Morgan fingerprint density at radius 3 is 2.58 bits per heavy atom. The fraction of sp³-hybridized carbons (Fsp3) is 0.389. The maximum absolute atomic E-state index is 12.5. The van der Waals surface area contributed by atoms with Crippen LogP contribution in [0.25, 0.3) is 0 Å². The SMILES string of the molecule is CCOc1ccc(CNS(=O)(=O)c2cc(C(=O)N3CCCC3)cs2)cc1. The lowest BCUT2D eigenvalue weighted by atomic mass is 10.2. The molecule has 0 spiro atoms. The molecule has 8 heteroatoms. The quantitative estimate of drug-likeness (QED) is 0.783. The summed E-state index contributed by atoms with van der Waals surface area (Å²) in [5.74, 6) is 0.661. The van der Waals surface area contributed by atoms with Crippen molar-refractivity contribution in [3.63, 3.8) is 0 Å². The summed E-state index contributed by atoms with van der Waals surface area (Å²) in [5, 5.41) is 1.62. The Morgan fingerprint density at radius 1 is 1.23 bits per heavy atom. The number of rotatable bonds is 7. The van der Waals surface area contributed by atoms with Crippen LogP contribution in [0, 0.1) is 0 Å². The van der Waals surface area contributed by atoms with Crippen molar-refractivity contribution in [3.8, 4) is 5.75 Å². The first kappa shape index (κ1) is 18.9. The highest BCUT2D eigenvalue weighted by molar-refractivity contribution is 7.91. The molecule has 26 heavy (non-hydrogen) atoms. The number of ether oxygens (including phenoxy) is 1. The van der Waals surface area contributed by atoms with Gasteiger partial charge in [-0.3, -0.25) is 4.79 Å². The molecule has 1 aromatic carbocycles. The molecule has 1 amide bonds. The van der Waals surface area contributed by atoms with Crippen molar-refractivity contribution >= 4 is 27.3 Å². The number of nitrogens with one attached hydrogen (secondary N) is 1. The lowest BCUT2D eigenvalue weighted by molar-refractivity contribution is 0.0793. The fourth-order valence-electron chi connectivity index (χ4n) is 2.79. The minimum atomic E-state index is -3.65. The average molecular weight is 395 g/mol. The highest BCUT2D eigenvalue weighted by Crippen LogP contribution is 2.23. The van der Waals surface area contributed by atoms with E-state index in [0.29, 0.717) is 12.2 Å². The molecule has 0 unspecified atom stereocenters. The van der Waals surface area contributed by atoms with Crippen LogP contribution in [0.15, 0.2) is 39.9 Å². The van der Waals surface area contributed by atoms with Crippen molar-refractivity contribution in [1.82, 2.24) is 9.62 Å². The summed E-state index contributed by atoms with van der Waals surface area (Å²) in [4.78, 5) is 14.1. The third-order valence-electron chi connectivity index (χ3n) is 4.18. The van der Waals surface area contributed by atoms with E-state index in [1.165, 1.54) is 6.07 Å². The number of sulfonamides is 1. The molecule has 0 radical (unpaired) electrons. The molecule has 0 bridgehead atoms. The number of likely N-dealkylation sites (tertiary alicyclic amines) is 1. The van der Waals surface area contributed by atoms with E-state index >= 15 is 0 Å². The van der Waals surface area contributed by atoms with Crippen LogP contribution in [-0.4, -0.2) is 38.9 Å². The van der Waals surface area contributed by atoms with E-state index in [4.69, 9.17) is 4.74 Å². The van der Waals surface area contributed by atoms with Gasteiger partial charge in [0.05, 0.1) is 12.2 Å². The van der Waals surface area contributed by atoms with Crippen LogP contribution in [-0.2, 0) is 16.6 Å². The summed E-state index contributed by atoms with van der Waals surface area (Å²) in [6, 6.07) is 8.73. The van der Waals surface area contributed by atoms with Crippen molar-refractivity contribution in [1.29, 1.82) is 0 Å². The molecule has 0 aliphatic carbocycles. The van der Waals surface area contributed by atoms with Crippen molar-refractivity contribution in [2.45, 2.75) is 30.5 Å². The second-order valence-corrected chi connectivity index (χ2v) is 8.96. The second kappa shape index (κ2) is 8.20. The predicted molar refractivity (Wildman–Crippen MR) is 101 cm³/mol. The van der Waals surface area contributed by atoms with Crippen LogP contribution in [0.5, 0.6) is 5.75 Å². The second-order valence-electron chi connectivity index (χ2n) is 6.06. The lowest BCUT2D eigenvalue weighted by Gasteiger charge is -2.13. The molecule has 1 aliphatic rings. The summed E-state index contributed by atoms with van der Waals surface area (Å²) < 4.78 is 33.1. The Hall–Kier alpha value is -1.90. The van der Waals surface area contributed by atoms with E-state index in [2.05, 4.69) is 4.72 Å². The van der Waals surface area contributed by atoms with Gasteiger partial charge in [-0.15, -0.1) is 11.3 Å². The Labute approximate surface area is 157 Å². The van der Waals surface area contributed by atoms with Gasteiger partial charge in [0.15, 0.2) is 0 Å². The van der Waals surface area contributed by atoms with Crippen LogP contribution in [0.1, 0.15) is 35.7 Å². The van der Waals surface area contributed by atoms with Crippen molar-refractivity contribution in [2.75, 3.05) is 19.7 Å². The van der Waals surface area contributed by atoms with E-state index in [0.717, 1.165) is 48.6 Å². The van der Waals surface area contributed by atoms with E-state index in [9.17, 15) is 13.2 Å². The van der Waals surface area contributed by atoms with Gasteiger partial charge in [0, 0.05) is 25.0 Å². The summed E-state index contributed by atoms with van der Waals surface area (Å²) in [6.45, 7) is 4.16. The molecule has 1 aliphatic heterocycles. The minimum absolute atomic E-state index is 0.0910. The van der Waals surface area contributed by atoms with Gasteiger partial charge in [0.2, 0.25) is 10.0 Å². The minimum Gasteiger partial charge on any atom is -0.494 e. The average Bonchev–Trinajstić information content (AvgIpc) is 3.33. The third kappa shape index (κ3) is 4.44. The first-order valence-corrected chi connectivity index (χ1v) is 10.9. The normalized spacial score (nSPS) is 14.6. The zero-order chi connectivity index (χ0) is 18.6. The molecular formula is C18H22N2O4S2. The van der Waals surface area contributed by atoms with Crippen LogP contribution in [0.2, 0.25) is 0 Å². The predicted octanol–water partition coefficient (Wildman–Crippen LogP) is 2.86. The van der Waals surface area contributed by atoms with Gasteiger partial charge in [-0.1, -0.05) is 12.1 Å². The van der Waals surface area contributed by atoms with Crippen molar-refractivity contribution in [3.05, 3.63) is 46.8 Å². The molecule has 0 saturated carbocycles. The maximum atomic E-state index is 12.5. The zero-order valence-electron chi connectivity index (χ0n) is 14.6. The standard InChI is InChI=1S/C18H22N2O4S2/c1-2-24-16-7-5-14(6-8-16)12-19-26(22,23)17-11-15(13-25-17)18(21)20-9-3-4-10-20/h5-8,11,13,19H,2-4,9-10,12H2,1H3. The maximum Gasteiger partial charge on any atom is 0.254 e. The summed E-state index contributed by atoms with van der Waals surface area (Å²) in [6.07, 6.45) is 2.01. The van der Waals surface area contributed by atoms with Gasteiger partial charge in [-0.05, 0) is 43.5 Å². The summed E-state index contributed by atoms with van der Waals surface area (Å²) >= 11 is 1.07. The van der Waals surface area contributed by atoms with Crippen molar-refractivity contribution in [2.24, 2.45) is 0 Å². The van der Waals surface area contributed by atoms with Gasteiger partial charge in [-0.2, -0.15) is 0 Å². The number of nitrogens with zero attached hydrogens (tertiary/aromatic N) is 1. The fourth-order valence-corrected chi connectivity index (χ4v) is 5.01. The first-order valence-electron chi connectivity index (χ1n) is 8.59. The molecule has 1 fully saturated rings. The van der Waals surface area contributed by atoms with E-state index in [-0.39, 0.29) is 16.7 Å². The molecule has 1 aromatic heterocycles. The monoisotopic (exact) mass is 394 g/mol.